The molecule has 1 aromatic carbocycles. The van der Waals surface area contributed by atoms with Crippen LogP contribution in [0.4, 0.5) is 8.78 Å². The molecular formula is C15H21F2NOS. The number of benzene rings is 1. The predicted molar refractivity (Wildman–Crippen MR) is 79.9 cm³/mol. The quantitative estimate of drug-likeness (QED) is 0.666. The van der Waals surface area contributed by atoms with Crippen LogP contribution in [0.15, 0.2) is 36.9 Å². The van der Waals surface area contributed by atoms with Gasteiger partial charge >= 0.3 is 0 Å². The molecular weight excluding hydrogens is 280 g/mol. The van der Waals surface area contributed by atoms with Crippen LogP contribution in [0.3, 0.4) is 0 Å². The van der Waals surface area contributed by atoms with Gasteiger partial charge in [0.2, 0.25) is 0 Å². The molecule has 0 fully saturated rings. The van der Waals surface area contributed by atoms with E-state index in [2.05, 4.69) is 11.3 Å². The maximum absolute atomic E-state index is 14.3. The third-order valence-corrected chi connectivity index (χ3v) is 4.77. The summed E-state index contributed by atoms with van der Waals surface area (Å²) in [6.07, 6.45) is -0.495. The van der Waals surface area contributed by atoms with E-state index in [1.54, 1.807) is 26.8 Å². The van der Waals surface area contributed by atoms with Crippen LogP contribution in [0.25, 0.3) is 0 Å². The summed E-state index contributed by atoms with van der Waals surface area (Å²) >= 11 is -1.54. The van der Waals surface area contributed by atoms with Crippen molar-refractivity contribution in [1.82, 2.24) is 4.72 Å². The van der Waals surface area contributed by atoms with E-state index in [1.165, 1.54) is 25.1 Å². The Balaban J connectivity index is 3.24. The molecule has 0 spiro atoms. The second kappa shape index (κ2) is 6.24. The fourth-order valence-corrected chi connectivity index (χ4v) is 2.64. The summed E-state index contributed by atoms with van der Waals surface area (Å²) in [6.45, 7) is 10.2. The highest BCUT2D eigenvalue weighted by atomic mass is 32.2. The molecule has 0 amide bonds. The molecule has 0 radical (unpaired) electrons. The molecule has 1 N–H and O–H groups in total. The van der Waals surface area contributed by atoms with Gasteiger partial charge in [-0.3, -0.25) is 0 Å². The number of alkyl halides is 1. The summed E-state index contributed by atoms with van der Waals surface area (Å²) in [5.74, 6) is -0.544. The maximum Gasteiger partial charge on any atom is 0.144 e. The molecule has 0 aliphatic rings. The number of nitrogens with one attached hydrogen (secondary N) is 1. The fraction of sp³-hybridized carbons (Fsp3) is 0.467. The van der Waals surface area contributed by atoms with E-state index >= 15 is 0 Å². The summed E-state index contributed by atoms with van der Waals surface area (Å²) in [7, 11) is 0. The van der Waals surface area contributed by atoms with Crippen LogP contribution in [0.5, 0.6) is 0 Å². The first-order valence-electron chi connectivity index (χ1n) is 6.34. The summed E-state index contributed by atoms with van der Waals surface area (Å²) < 4.78 is 42.7. The minimum Gasteiger partial charge on any atom is -0.598 e. The predicted octanol–water partition coefficient (Wildman–Crippen LogP) is 3.62. The Bertz CT molecular complexity index is 475. The van der Waals surface area contributed by atoms with Crippen molar-refractivity contribution in [1.29, 1.82) is 0 Å². The Hall–Kier alpha value is -0.910. The second-order valence-corrected chi connectivity index (χ2v) is 7.77. The van der Waals surface area contributed by atoms with Crippen molar-refractivity contribution in [2.24, 2.45) is 0 Å². The number of hydrogen-bond acceptors (Lipinski definition) is 2. The van der Waals surface area contributed by atoms with E-state index in [0.29, 0.717) is 0 Å². The van der Waals surface area contributed by atoms with Crippen LogP contribution in [-0.2, 0) is 16.9 Å². The highest BCUT2D eigenvalue weighted by Gasteiger charge is 2.43. The smallest absolute Gasteiger partial charge is 0.144 e. The van der Waals surface area contributed by atoms with Crippen LogP contribution in [0.2, 0.25) is 0 Å². The topological polar surface area (TPSA) is 35.1 Å². The lowest BCUT2D eigenvalue weighted by atomic mass is 9.88. The highest BCUT2D eigenvalue weighted by molar-refractivity contribution is 7.90. The maximum atomic E-state index is 14.3. The largest absolute Gasteiger partial charge is 0.598 e. The van der Waals surface area contributed by atoms with E-state index in [9.17, 15) is 13.3 Å². The molecule has 1 rings (SSSR count). The van der Waals surface area contributed by atoms with Gasteiger partial charge in [0.1, 0.15) is 22.3 Å². The lowest BCUT2D eigenvalue weighted by molar-refractivity contribution is 0.228. The van der Waals surface area contributed by atoms with E-state index in [4.69, 9.17) is 0 Å². The monoisotopic (exact) mass is 301 g/mol. The second-order valence-electron chi connectivity index (χ2n) is 5.80. The molecule has 20 heavy (non-hydrogen) atoms. The number of hydrogen-bond donors (Lipinski definition) is 1. The average Bonchev–Trinajstić information content (AvgIpc) is 2.36. The Morgan fingerprint density at radius 2 is 1.85 bits per heavy atom. The Morgan fingerprint density at radius 3 is 2.30 bits per heavy atom. The fourth-order valence-electron chi connectivity index (χ4n) is 1.72. The zero-order chi connectivity index (χ0) is 15.6. The van der Waals surface area contributed by atoms with Crippen LogP contribution in [0.1, 0.15) is 33.3 Å². The molecule has 0 saturated carbocycles. The Kier molecular flexibility index (Phi) is 5.35. The minimum absolute atomic E-state index is 0.130. The molecule has 112 valence electrons. The van der Waals surface area contributed by atoms with Gasteiger partial charge in [0.05, 0.1) is 0 Å². The van der Waals surface area contributed by atoms with Crippen LogP contribution < -0.4 is 4.72 Å². The minimum atomic E-state index is -1.58. The van der Waals surface area contributed by atoms with Crippen LogP contribution in [-0.4, -0.2) is 15.5 Å². The molecule has 3 atom stereocenters. The van der Waals surface area contributed by atoms with Gasteiger partial charge in [-0.15, -0.1) is 11.3 Å². The lowest BCUT2D eigenvalue weighted by Gasteiger charge is -2.36. The molecule has 0 aromatic heterocycles. The van der Waals surface area contributed by atoms with Crippen molar-refractivity contribution in [2.45, 2.75) is 44.2 Å². The van der Waals surface area contributed by atoms with Crippen molar-refractivity contribution in [3.05, 3.63) is 48.3 Å². The van der Waals surface area contributed by atoms with Gasteiger partial charge < -0.3 is 4.55 Å². The molecule has 0 bridgehead atoms. The van der Waals surface area contributed by atoms with Crippen LogP contribution >= 0.6 is 0 Å². The summed E-state index contributed by atoms with van der Waals surface area (Å²) in [6, 6.07) is 5.89. The third kappa shape index (κ3) is 3.59. The van der Waals surface area contributed by atoms with E-state index in [1.807, 2.05) is 0 Å². The molecule has 0 aliphatic heterocycles. The first-order valence-corrected chi connectivity index (χ1v) is 7.49. The van der Waals surface area contributed by atoms with Gasteiger partial charge in [-0.05, 0) is 33.8 Å². The normalized spacial score (nSPS) is 18.1. The average molecular weight is 301 g/mol. The molecule has 0 heterocycles. The molecule has 0 aliphatic carbocycles. The molecule has 0 saturated heterocycles. The number of halogens is 2. The first-order chi connectivity index (χ1) is 9.13. The van der Waals surface area contributed by atoms with Gasteiger partial charge in [-0.25, -0.2) is 8.78 Å². The molecule has 1 aromatic rings. The van der Waals surface area contributed by atoms with Crippen molar-refractivity contribution in [3.63, 3.8) is 0 Å². The highest BCUT2D eigenvalue weighted by Crippen LogP contribution is 2.32. The van der Waals surface area contributed by atoms with Crippen molar-refractivity contribution in [2.75, 3.05) is 0 Å². The third-order valence-electron chi connectivity index (χ3n) is 3.05. The van der Waals surface area contributed by atoms with Crippen molar-refractivity contribution < 1.29 is 13.3 Å². The first kappa shape index (κ1) is 17.1. The van der Waals surface area contributed by atoms with Gasteiger partial charge in [-0.1, -0.05) is 24.3 Å². The van der Waals surface area contributed by atoms with Crippen molar-refractivity contribution in [3.8, 4) is 0 Å². The molecule has 2 nitrogen and oxygen atoms in total. The molecule has 1 unspecified atom stereocenters. The van der Waals surface area contributed by atoms with Crippen LogP contribution in [0, 0.1) is 5.82 Å². The summed E-state index contributed by atoms with van der Waals surface area (Å²) in [4.78, 5) is 0. The standard InChI is InChI=1S/C15H21F2NOS/c1-6-13(17)15(5,18-20(19)14(2,3)4)11-9-7-8-10-12(11)16/h6-10,13,18H,1H2,2-5H3/t13-,15+,20?/m0/s1. The van der Waals surface area contributed by atoms with Gasteiger partial charge in [0.25, 0.3) is 0 Å². The lowest BCUT2D eigenvalue weighted by Crippen LogP contribution is -2.54. The summed E-state index contributed by atoms with van der Waals surface area (Å²) in [5, 5.41) is 0. The van der Waals surface area contributed by atoms with E-state index < -0.39 is 33.6 Å². The zero-order valence-corrected chi connectivity index (χ0v) is 13.1. The zero-order valence-electron chi connectivity index (χ0n) is 12.2. The molecule has 5 heteroatoms. The Morgan fingerprint density at radius 1 is 1.30 bits per heavy atom. The van der Waals surface area contributed by atoms with E-state index in [0.717, 1.165) is 6.08 Å². The SMILES string of the molecule is C=C[C@H](F)[C@](C)(N[S+]([O-])C(C)(C)C)c1ccccc1F. The van der Waals surface area contributed by atoms with Gasteiger partial charge in [0, 0.05) is 16.9 Å². The summed E-state index contributed by atoms with van der Waals surface area (Å²) in [5.41, 5.74) is -1.31. The van der Waals surface area contributed by atoms with Gasteiger partial charge in [0.15, 0.2) is 0 Å². The van der Waals surface area contributed by atoms with Gasteiger partial charge in [-0.2, -0.15) is 0 Å². The Labute approximate surface area is 122 Å². The number of rotatable bonds is 5. The van der Waals surface area contributed by atoms with E-state index in [-0.39, 0.29) is 5.56 Å². The van der Waals surface area contributed by atoms with Crippen molar-refractivity contribution >= 4 is 11.4 Å².